The fourth-order valence-electron chi connectivity index (χ4n) is 1.06. The van der Waals surface area contributed by atoms with Gasteiger partial charge in [-0.1, -0.05) is 0 Å². The molecule has 0 aromatic heterocycles. The molecule has 0 atom stereocenters. The van der Waals surface area contributed by atoms with E-state index in [1.54, 1.807) is 0 Å². The van der Waals surface area contributed by atoms with E-state index in [1.807, 2.05) is 0 Å². The summed E-state index contributed by atoms with van der Waals surface area (Å²) in [4.78, 5) is 32.9. The maximum Gasteiger partial charge on any atom is 0.424 e. The molecule has 3 amide bonds. The van der Waals surface area contributed by atoms with Gasteiger partial charge in [0.2, 0.25) is 5.91 Å². The summed E-state index contributed by atoms with van der Waals surface area (Å²) in [6.45, 7) is 1.37. The van der Waals surface area contributed by atoms with E-state index in [1.165, 1.54) is 31.2 Å². The molecular formula is C11H12N2O5. The smallest absolute Gasteiger partial charge is 0.424 e. The Bertz CT molecular complexity index is 469. The van der Waals surface area contributed by atoms with Crippen molar-refractivity contribution in [1.82, 2.24) is 4.90 Å². The average molecular weight is 252 g/mol. The van der Waals surface area contributed by atoms with E-state index in [-0.39, 0.29) is 11.7 Å². The number of imide groups is 1. The standard InChI is InChI=1S/C11H12N2O5/c1-7(14)12-8-3-5-9(6-4-8)18-11(17)13(2)10(15)16/h3-6H,1-2H3,(H,12,14)(H,15,16). The highest BCUT2D eigenvalue weighted by atomic mass is 16.6. The van der Waals surface area contributed by atoms with Crippen LogP contribution in [0.3, 0.4) is 0 Å². The lowest BCUT2D eigenvalue weighted by Crippen LogP contribution is -2.34. The quantitative estimate of drug-likeness (QED) is 0.835. The molecule has 0 aliphatic heterocycles. The summed E-state index contributed by atoms with van der Waals surface area (Å²) in [5, 5.41) is 11.1. The fourth-order valence-corrected chi connectivity index (χ4v) is 1.06. The maximum atomic E-state index is 11.3. The molecule has 0 unspecified atom stereocenters. The monoisotopic (exact) mass is 252 g/mol. The molecule has 96 valence electrons. The second-order valence-electron chi connectivity index (χ2n) is 3.42. The molecule has 0 radical (unpaired) electrons. The number of carbonyl (C=O) groups is 3. The van der Waals surface area contributed by atoms with Gasteiger partial charge in [0.25, 0.3) is 0 Å². The molecule has 1 aromatic carbocycles. The largest absolute Gasteiger partial charge is 0.465 e. The lowest BCUT2D eigenvalue weighted by atomic mass is 10.3. The van der Waals surface area contributed by atoms with Gasteiger partial charge in [-0.05, 0) is 24.3 Å². The number of carboxylic acid groups (broad SMARTS) is 1. The zero-order valence-corrected chi connectivity index (χ0v) is 9.84. The number of amides is 3. The Morgan fingerprint density at radius 1 is 1.22 bits per heavy atom. The second-order valence-corrected chi connectivity index (χ2v) is 3.42. The number of benzene rings is 1. The van der Waals surface area contributed by atoms with Gasteiger partial charge in [0.05, 0.1) is 0 Å². The van der Waals surface area contributed by atoms with Crippen LogP contribution in [0.15, 0.2) is 24.3 Å². The molecule has 1 aromatic rings. The number of hydrogen-bond acceptors (Lipinski definition) is 4. The number of nitrogens with one attached hydrogen (secondary N) is 1. The number of hydrogen-bond donors (Lipinski definition) is 2. The van der Waals surface area contributed by atoms with Crippen LogP contribution in [0.4, 0.5) is 15.3 Å². The number of carbonyl (C=O) groups excluding carboxylic acids is 2. The molecule has 0 aliphatic rings. The van der Waals surface area contributed by atoms with Gasteiger partial charge < -0.3 is 15.2 Å². The van der Waals surface area contributed by atoms with Crippen molar-refractivity contribution in [2.24, 2.45) is 0 Å². The minimum Gasteiger partial charge on any atom is -0.465 e. The predicted molar refractivity (Wildman–Crippen MR) is 62.6 cm³/mol. The van der Waals surface area contributed by atoms with Crippen LogP contribution in [0.5, 0.6) is 5.75 Å². The normalized spacial score (nSPS) is 9.44. The van der Waals surface area contributed by atoms with Gasteiger partial charge in [-0.25, -0.2) is 14.5 Å². The zero-order chi connectivity index (χ0) is 13.7. The zero-order valence-electron chi connectivity index (χ0n) is 9.84. The van der Waals surface area contributed by atoms with E-state index in [0.717, 1.165) is 7.05 Å². The van der Waals surface area contributed by atoms with Crippen LogP contribution in [0.2, 0.25) is 0 Å². The van der Waals surface area contributed by atoms with Crippen molar-refractivity contribution in [3.63, 3.8) is 0 Å². The van der Waals surface area contributed by atoms with E-state index < -0.39 is 12.2 Å². The van der Waals surface area contributed by atoms with Gasteiger partial charge in [0.15, 0.2) is 0 Å². The van der Waals surface area contributed by atoms with Crippen molar-refractivity contribution < 1.29 is 24.2 Å². The molecule has 0 saturated heterocycles. The van der Waals surface area contributed by atoms with Crippen molar-refractivity contribution in [3.05, 3.63) is 24.3 Å². The number of nitrogens with zero attached hydrogens (tertiary/aromatic N) is 1. The summed E-state index contributed by atoms with van der Waals surface area (Å²) >= 11 is 0. The summed E-state index contributed by atoms with van der Waals surface area (Å²) < 4.78 is 4.79. The summed E-state index contributed by atoms with van der Waals surface area (Å²) in [6.07, 6.45) is -2.41. The molecule has 0 aliphatic carbocycles. The molecule has 1 rings (SSSR count). The molecule has 18 heavy (non-hydrogen) atoms. The summed E-state index contributed by atoms with van der Waals surface area (Å²) in [7, 11) is 1.08. The number of rotatable bonds is 2. The topological polar surface area (TPSA) is 95.9 Å². The highest BCUT2D eigenvalue weighted by Gasteiger charge is 2.17. The maximum absolute atomic E-state index is 11.3. The SMILES string of the molecule is CC(=O)Nc1ccc(OC(=O)N(C)C(=O)O)cc1. The molecule has 0 bridgehead atoms. The predicted octanol–water partition coefficient (Wildman–Crippen LogP) is 1.75. The molecular weight excluding hydrogens is 240 g/mol. The Hall–Kier alpha value is -2.57. The minimum atomic E-state index is -1.41. The summed E-state index contributed by atoms with van der Waals surface area (Å²) in [5.41, 5.74) is 0.550. The van der Waals surface area contributed by atoms with Gasteiger partial charge >= 0.3 is 12.2 Å². The van der Waals surface area contributed by atoms with E-state index in [4.69, 9.17) is 9.84 Å². The van der Waals surface area contributed by atoms with Crippen LogP contribution in [0.25, 0.3) is 0 Å². The Kier molecular flexibility index (Phi) is 4.25. The first-order chi connectivity index (χ1) is 8.40. The van der Waals surface area contributed by atoms with E-state index in [0.29, 0.717) is 10.6 Å². The van der Waals surface area contributed by atoms with Crippen LogP contribution >= 0.6 is 0 Å². The summed E-state index contributed by atoms with van der Waals surface area (Å²) in [6, 6.07) is 5.95. The average Bonchev–Trinajstić information content (AvgIpc) is 2.29. The van der Waals surface area contributed by atoms with Crippen molar-refractivity contribution in [1.29, 1.82) is 0 Å². The van der Waals surface area contributed by atoms with Crippen molar-refractivity contribution in [2.75, 3.05) is 12.4 Å². The van der Waals surface area contributed by atoms with Gasteiger partial charge in [0, 0.05) is 19.7 Å². The minimum absolute atomic E-state index is 0.183. The lowest BCUT2D eigenvalue weighted by molar-refractivity contribution is -0.114. The van der Waals surface area contributed by atoms with Crippen molar-refractivity contribution in [3.8, 4) is 5.75 Å². The van der Waals surface area contributed by atoms with Crippen LogP contribution in [0, 0.1) is 0 Å². The van der Waals surface area contributed by atoms with Crippen LogP contribution in [0.1, 0.15) is 6.92 Å². The fraction of sp³-hybridized carbons (Fsp3) is 0.182. The van der Waals surface area contributed by atoms with Gasteiger partial charge in [-0.3, -0.25) is 4.79 Å². The van der Waals surface area contributed by atoms with Crippen LogP contribution in [-0.4, -0.2) is 35.1 Å². The van der Waals surface area contributed by atoms with E-state index >= 15 is 0 Å². The van der Waals surface area contributed by atoms with Gasteiger partial charge in [-0.2, -0.15) is 0 Å². The molecule has 0 saturated carbocycles. The number of anilines is 1. The first kappa shape index (κ1) is 13.5. The van der Waals surface area contributed by atoms with Gasteiger partial charge in [-0.15, -0.1) is 0 Å². The second kappa shape index (κ2) is 5.67. The lowest BCUT2D eigenvalue weighted by Gasteiger charge is -2.11. The molecule has 0 fully saturated rings. The Labute approximate surface area is 103 Å². The molecule has 7 nitrogen and oxygen atoms in total. The van der Waals surface area contributed by atoms with E-state index in [9.17, 15) is 14.4 Å². The molecule has 2 N–H and O–H groups in total. The Balaban J connectivity index is 2.66. The Morgan fingerprint density at radius 2 is 1.78 bits per heavy atom. The van der Waals surface area contributed by atoms with Crippen molar-refractivity contribution >= 4 is 23.8 Å². The highest BCUT2D eigenvalue weighted by Crippen LogP contribution is 2.16. The van der Waals surface area contributed by atoms with Crippen LogP contribution in [-0.2, 0) is 4.79 Å². The first-order valence-corrected chi connectivity index (χ1v) is 4.96. The Morgan fingerprint density at radius 3 is 2.22 bits per heavy atom. The third kappa shape index (κ3) is 3.78. The number of ether oxygens (including phenoxy) is 1. The summed E-state index contributed by atoms with van der Waals surface area (Å²) in [5.74, 6) is -0.0347. The van der Waals surface area contributed by atoms with Crippen LogP contribution < -0.4 is 10.1 Å². The highest BCUT2D eigenvalue weighted by molar-refractivity contribution is 5.89. The third-order valence-electron chi connectivity index (χ3n) is 1.94. The molecule has 0 spiro atoms. The third-order valence-corrected chi connectivity index (χ3v) is 1.94. The van der Waals surface area contributed by atoms with Crippen molar-refractivity contribution in [2.45, 2.75) is 6.92 Å². The van der Waals surface area contributed by atoms with E-state index in [2.05, 4.69) is 5.32 Å². The molecule has 0 heterocycles. The first-order valence-electron chi connectivity index (χ1n) is 4.96. The molecule has 7 heteroatoms. The van der Waals surface area contributed by atoms with Gasteiger partial charge in [0.1, 0.15) is 5.75 Å².